The normalized spacial score (nSPS) is 15.5. The van der Waals surface area contributed by atoms with E-state index in [2.05, 4.69) is 26.2 Å². The Morgan fingerprint density at radius 1 is 1.03 bits per heavy atom. The van der Waals surface area contributed by atoms with Gasteiger partial charge in [0.15, 0.2) is 16.7 Å². The molecule has 1 aliphatic heterocycles. The van der Waals surface area contributed by atoms with E-state index in [-0.39, 0.29) is 12.5 Å². The van der Waals surface area contributed by atoms with Crippen LogP contribution in [0.4, 0.5) is 5.69 Å². The monoisotopic (exact) mass is 630 g/mol. The summed E-state index contributed by atoms with van der Waals surface area (Å²) in [5.41, 5.74) is 2.05. The topological polar surface area (TPSA) is 59.9 Å². The van der Waals surface area contributed by atoms with Gasteiger partial charge in [0.2, 0.25) is 0 Å². The van der Waals surface area contributed by atoms with E-state index in [0.29, 0.717) is 51.8 Å². The van der Waals surface area contributed by atoms with Crippen LogP contribution in [0.25, 0.3) is 6.08 Å². The van der Waals surface area contributed by atoms with E-state index < -0.39 is 0 Å². The number of ether oxygens (including phenoxy) is 2. The Bertz CT molecular complexity index is 1380. The van der Waals surface area contributed by atoms with E-state index in [0.717, 1.165) is 11.1 Å². The molecule has 180 valence electrons. The molecule has 0 saturated carbocycles. The van der Waals surface area contributed by atoms with Crippen LogP contribution in [0.5, 0.6) is 11.5 Å². The molecule has 0 aromatic heterocycles. The molecule has 0 bridgehead atoms. The summed E-state index contributed by atoms with van der Waals surface area (Å²) in [6.07, 6.45) is 1.73. The Kier molecular flexibility index (Phi) is 8.58. The van der Waals surface area contributed by atoms with E-state index in [4.69, 9.17) is 55.9 Å². The van der Waals surface area contributed by atoms with Crippen molar-refractivity contribution in [3.8, 4) is 11.5 Å². The smallest absolute Gasteiger partial charge is 0.264 e. The first-order chi connectivity index (χ1) is 16.7. The van der Waals surface area contributed by atoms with E-state index in [1.807, 2.05) is 6.07 Å². The van der Waals surface area contributed by atoms with Crippen LogP contribution >= 0.6 is 74.1 Å². The van der Waals surface area contributed by atoms with Crippen LogP contribution in [0, 0.1) is 0 Å². The molecule has 0 aliphatic carbocycles. The quantitative estimate of drug-likeness (QED) is 0.277. The summed E-state index contributed by atoms with van der Waals surface area (Å²) in [4.78, 5) is 17.4. The van der Waals surface area contributed by atoms with Gasteiger partial charge >= 0.3 is 0 Å². The number of aliphatic imine (C=N–C) groups is 1. The lowest BCUT2D eigenvalue weighted by Gasteiger charge is -2.13. The van der Waals surface area contributed by atoms with Gasteiger partial charge in [0.05, 0.1) is 37.8 Å². The molecule has 35 heavy (non-hydrogen) atoms. The van der Waals surface area contributed by atoms with Crippen molar-refractivity contribution in [3.05, 3.63) is 89.1 Å². The summed E-state index contributed by atoms with van der Waals surface area (Å²) in [6.45, 7) is 0.268. The number of nitrogens with one attached hydrogen (secondary N) is 1. The molecule has 3 aromatic carbocycles. The van der Waals surface area contributed by atoms with Gasteiger partial charge in [-0.25, -0.2) is 4.99 Å². The molecule has 1 fully saturated rings. The number of amidine groups is 1. The van der Waals surface area contributed by atoms with Gasteiger partial charge < -0.3 is 14.8 Å². The first kappa shape index (κ1) is 26.2. The molecule has 1 heterocycles. The highest BCUT2D eigenvalue weighted by Crippen LogP contribution is 2.38. The third-order valence-electron chi connectivity index (χ3n) is 4.75. The van der Waals surface area contributed by atoms with Crippen molar-refractivity contribution in [3.63, 3.8) is 0 Å². The van der Waals surface area contributed by atoms with Crippen LogP contribution < -0.4 is 14.8 Å². The maximum absolute atomic E-state index is 12.5. The molecule has 0 radical (unpaired) electrons. The zero-order valence-corrected chi connectivity index (χ0v) is 23.3. The van der Waals surface area contributed by atoms with Crippen LogP contribution in [0.3, 0.4) is 0 Å². The lowest BCUT2D eigenvalue weighted by molar-refractivity contribution is -0.115. The Morgan fingerprint density at radius 3 is 2.57 bits per heavy atom. The largest absolute Gasteiger partial charge is 0.493 e. The Morgan fingerprint density at radius 2 is 1.83 bits per heavy atom. The molecule has 4 rings (SSSR count). The second-order valence-corrected chi connectivity index (χ2v) is 10.6. The summed E-state index contributed by atoms with van der Waals surface area (Å²) in [5, 5.41) is 4.77. The molecule has 0 spiro atoms. The van der Waals surface area contributed by atoms with Crippen LogP contribution in [0.2, 0.25) is 20.1 Å². The standard InChI is InChI=1S/C24H15BrCl4N2O3S/c1-33-19-8-13(14(25)10-20(19)34-11-12-5-6-15(26)17(28)7-12)9-21-23(32)31-24(35-21)30-18-4-2-3-16(27)22(18)29/h2-10H,11H2,1H3,(H,30,31,32)/b21-9+. The second kappa shape index (κ2) is 11.5. The maximum Gasteiger partial charge on any atom is 0.264 e. The van der Waals surface area contributed by atoms with Crippen LogP contribution in [-0.2, 0) is 11.4 Å². The van der Waals surface area contributed by atoms with E-state index >= 15 is 0 Å². The van der Waals surface area contributed by atoms with Crippen molar-refractivity contribution in [2.75, 3.05) is 7.11 Å². The van der Waals surface area contributed by atoms with Crippen molar-refractivity contribution in [1.29, 1.82) is 0 Å². The first-order valence-corrected chi connectivity index (χ1v) is 13.0. The first-order valence-electron chi connectivity index (χ1n) is 9.93. The minimum Gasteiger partial charge on any atom is -0.493 e. The number of amides is 1. The Labute approximate surface area is 234 Å². The molecule has 3 aromatic rings. The zero-order chi connectivity index (χ0) is 25.1. The molecule has 1 aliphatic rings. The van der Waals surface area contributed by atoms with Crippen LogP contribution in [0.1, 0.15) is 11.1 Å². The third-order valence-corrected chi connectivity index (χ3v) is 7.90. The van der Waals surface area contributed by atoms with Gasteiger partial charge in [-0.1, -0.05) is 74.5 Å². The minimum atomic E-state index is -0.280. The van der Waals surface area contributed by atoms with Gasteiger partial charge in [-0.05, 0) is 65.4 Å². The van der Waals surface area contributed by atoms with Crippen LogP contribution in [-0.4, -0.2) is 18.2 Å². The molecule has 0 unspecified atom stereocenters. The number of benzene rings is 3. The predicted molar refractivity (Wildman–Crippen MR) is 149 cm³/mol. The SMILES string of the molecule is COc1cc(/C=C2/SC(=Nc3cccc(Cl)c3Cl)NC2=O)c(Br)cc1OCc1ccc(Cl)c(Cl)c1. The van der Waals surface area contributed by atoms with E-state index in [1.165, 1.54) is 11.8 Å². The fraction of sp³-hybridized carbons (Fsp3) is 0.0833. The van der Waals surface area contributed by atoms with Crippen molar-refractivity contribution < 1.29 is 14.3 Å². The van der Waals surface area contributed by atoms with Crippen molar-refractivity contribution in [2.45, 2.75) is 6.61 Å². The number of methoxy groups -OCH3 is 1. The van der Waals surface area contributed by atoms with Crippen molar-refractivity contribution >= 4 is 96.9 Å². The van der Waals surface area contributed by atoms with Crippen molar-refractivity contribution in [2.24, 2.45) is 4.99 Å². The lowest BCUT2D eigenvalue weighted by Crippen LogP contribution is -2.19. The summed E-state index contributed by atoms with van der Waals surface area (Å²) >= 11 is 29.0. The molecule has 1 N–H and O–H groups in total. The number of carbonyl (C=O) groups excluding carboxylic acids is 1. The number of carbonyl (C=O) groups is 1. The highest BCUT2D eigenvalue weighted by molar-refractivity contribution is 9.10. The van der Waals surface area contributed by atoms with Gasteiger partial charge in [-0.2, -0.15) is 0 Å². The number of thioether (sulfide) groups is 1. The van der Waals surface area contributed by atoms with Crippen LogP contribution in [0.15, 0.2) is 62.9 Å². The lowest BCUT2D eigenvalue weighted by atomic mass is 10.1. The molecule has 1 saturated heterocycles. The molecule has 0 atom stereocenters. The summed E-state index contributed by atoms with van der Waals surface area (Å²) < 4.78 is 12.2. The number of rotatable bonds is 6. The maximum atomic E-state index is 12.5. The van der Waals surface area contributed by atoms with E-state index in [1.54, 1.807) is 55.7 Å². The average Bonchev–Trinajstić information content (AvgIpc) is 3.17. The number of nitrogens with zero attached hydrogens (tertiary/aromatic N) is 1. The average molecular weight is 633 g/mol. The van der Waals surface area contributed by atoms with Gasteiger partial charge in [-0.3, -0.25) is 4.79 Å². The summed E-state index contributed by atoms with van der Waals surface area (Å²) in [5.74, 6) is 0.745. The molecule has 5 nitrogen and oxygen atoms in total. The minimum absolute atomic E-state index is 0.268. The van der Waals surface area contributed by atoms with Gasteiger partial charge in [0.25, 0.3) is 5.91 Å². The highest BCUT2D eigenvalue weighted by atomic mass is 79.9. The molecular formula is C24H15BrCl4N2O3S. The molecule has 11 heteroatoms. The number of hydrogen-bond acceptors (Lipinski definition) is 5. The Hall–Kier alpha value is -1.87. The highest BCUT2D eigenvalue weighted by Gasteiger charge is 2.25. The Balaban J connectivity index is 1.55. The summed E-state index contributed by atoms with van der Waals surface area (Å²) in [6, 6.07) is 14.0. The van der Waals surface area contributed by atoms with Crippen molar-refractivity contribution in [1.82, 2.24) is 5.32 Å². The molecular weight excluding hydrogens is 618 g/mol. The van der Waals surface area contributed by atoms with E-state index in [9.17, 15) is 4.79 Å². The number of hydrogen-bond donors (Lipinski definition) is 1. The fourth-order valence-corrected chi connectivity index (χ4v) is 4.96. The third kappa shape index (κ3) is 6.28. The fourth-order valence-electron chi connectivity index (χ4n) is 3.03. The summed E-state index contributed by atoms with van der Waals surface area (Å²) in [7, 11) is 1.54. The zero-order valence-electron chi connectivity index (χ0n) is 17.9. The van der Waals surface area contributed by atoms with Gasteiger partial charge in [0, 0.05) is 4.47 Å². The molecule has 1 amide bonds. The predicted octanol–water partition coefficient (Wildman–Crippen LogP) is 8.54. The second-order valence-electron chi connectivity index (χ2n) is 7.12. The van der Waals surface area contributed by atoms with Gasteiger partial charge in [-0.15, -0.1) is 0 Å². The van der Waals surface area contributed by atoms with Gasteiger partial charge in [0.1, 0.15) is 6.61 Å². The number of halogens is 5.